The zero-order valence-electron chi connectivity index (χ0n) is 13.3. The minimum Gasteiger partial charge on any atom is -0.381 e. The molecule has 1 aromatic rings. The van der Waals surface area contributed by atoms with Gasteiger partial charge in [-0.3, -0.25) is 0 Å². The minimum atomic E-state index is 0.458. The van der Waals surface area contributed by atoms with Crippen LogP contribution < -0.4 is 5.32 Å². The van der Waals surface area contributed by atoms with Crippen LogP contribution in [0.3, 0.4) is 0 Å². The van der Waals surface area contributed by atoms with Crippen molar-refractivity contribution in [3.63, 3.8) is 0 Å². The second kappa shape index (κ2) is 7.85. The number of anilines is 1. The first-order valence-electron chi connectivity index (χ1n) is 7.95. The summed E-state index contributed by atoms with van der Waals surface area (Å²) in [5.41, 5.74) is 2.21. The van der Waals surface area contributed by atoms with Gasteiger partial charge < -0.3 is 10.2 Å². The van der Waals surface area contributed by atoms with Gasteiger partial charge in [0.25, 0.3) is 0 Å². The summed E-state index contributed by atoms with van der Waals surface area (Å²) in [5, 5.41) is 4.48. The Kier molecular flexibility index (Phi) is 6.39. The van der Waals surface area contributed by atoms with Gasteiger partial charge in [0.05, 0.1) is 5.69 Å². The molecule has 0 aliphatic carbocycles. The van der Waals surface area contributed by atoms with E-state index in [1.807, 2.05) is 13.0 Å². The van der Waals surface area contributed by atoms with Gasteiger partial charge in [-0.2, -0.15) is 0 Å². The zero-order chi connectivity index (χ0) is 15.4. The van der Waals surface area contributed by atoms with Crippen LogP contribution in [0, 0.1) is 12.8 Å². The summed E-state index contributed by atoms with van der Waals surface area (Å²) < 4.78 is 1.09. The Bertz CT molecular complexity index is 476. The first kappa shape index (κ1) is 17.1. The highest BCUT2D eigenvalue weighted by molar-refractivity contribution is 9.10. The third kappa shape index (κ3) is 4.61. The number of rotatable bonds is 5. The number of hydrogen-bond donors (Lipinski definition) is 1. The summed E-state index contributed by atoms with van der Waals surface area (Å²) in [6.45, 7) is 10.3. The Morgan fingerprint density at radius 2 is 2.24 bits per heavy atom. The molecule has 0 radical (unpaired) electrons. The van der Waals surface area contributed by atoms with Gasteiger partial charge in [-0.1, -0.05) is 18.5 Å². The Morgan fingerprint density at radius 3 is 2.95 bits per heavy atom. The van der Waals surface area contributed by atoms with E-state index in [4.69, 9.17) is 11.6 Å². The highest BCUT2D eigenvalue weighted by atomic mass is 79.9. The summed E-state index contributed by atoms with van der Waals surface area (Å²) in [6, 6.07) is 4.57. The van der Waals surface area contributed by atoms with Crippen LogP contribution in [-0.4, -0.2) is 30.6 Å². The molecular formula is C17H26BrClN2. The van der Waals surface area contributed by atoms with Crippen molar-refractivity contribution in [2.75, 3.05) is 25.0 Å². The topological polar surface area (TPSA) is 15.3 Å². The molecule has 0 aromatic heterocycles. The Balaban J connectivity index is 2.00. The number of benzene rings is 1. The number of aryl methyl sites for hydroxylation is 1. The third-order valence-electron chi connectivity index (χ3n) is 4.42. The fraction of sp³-hybridized carbons (Fsp3) is 0.647. The lowest BCUT2D eigenvalue weighted by Gasteiger charge is -2.36. The summed E-state index contributed by atoms with van der Waals surface area (Å²) >= 11 is 9.89. The summed E-state index contributed by atoms with van der Waals surface area (Å²) in [5.74, 6) is 0.706. The Hall–Kier alpha value is -0.250. The molecule has 0 bridgehead atoms. The number of likely N-dealkylation sites (tertiary alicyclic amines) is 1. The van der Waals surface area contributed by atoms with E-state index in [-0.39, 0.29) is 0 Å². The number of halogens is 2. The highest BCUT2D eigenvalue weighted by Gasteiger charge is 2.24. The normalized spacial score (nSPS) is 21.3. The highest BCUT2D eigenvalue weighted by Crippen LogP contribution is 2.31. The molecule has 2 nitrogen and oxygen atoms in total. The van der Waals surface area contributed by atoms with Crippen molar-refractivity contribution < 1.29 is 0 Å². The van der Waals surface area contributed by atoms with Gasteiger partial charge in [-0.25, -0.2) is 0 Å². The number of hydrogen-bond acceptors (Lipinski definition) is 2. The van der Waals surface area contributed by atoms with Crippen LogP contribution in [0.4, 0.5) is 5.69 Å². The van der Waals surface area contributed by atoms with Crippen LogP contribution in [0.15, 0.2) is 16.6 Å². The van der Waals surface area contributed by atoms with Crippen molar-refractivity contribution in [1.29, 1.82) is 0 Å². The van der Waals surface area contributed by atoms with E-state index in [0.29, 0.717) is 12.0 Å². The first-order chi connectivity index (χ1) is 10.0. The van der Waals surface area contributed by atoms with Gasteiger partial charge in [0.15, 0.2) is 0 Å². The van der Waals surface area contributed by atoms with Crippen molar-refractivity contribution in [2.24, 2.45) is 5.92 Å². The van der Waals surface area contributed by atoms with E-state index in [9.17, 15) is 0 Å². The average Bonchev–Trinajstić information content (AvgIpc) is 2.45. The zero-order valence-corrected chi connectivity index (χ0v) is 15.6. The van der Waals surface area contributed by atoms with Crippen LogP contribution in [0.1, 0.15) is 38.7 Å². The molecule has 4 heteroatoms. The Morgan fingerprint density at radius 1 is 1.48 bits per heavy atom. The van der Waals surface area contributed by atoms with Crippen molar-refractivity contribution in [2.45, 2.75) is 46.1 Å². The fourth-order valence-corrected chi connectivity index (χ4v) is 3.87. The van der Waals surface area contributed by atoms with Gasteiger partial charge >= 0.3 is 0 Å². The molecule has 1 aliphatic heterocycles. The second-order valence-corrected chi connectivity index (χ2v) is 7.48. The largest absolute Gasteiger partial charge is 0.381 e. The smallest absolute Gasteiger partial charge is 0.0501 e. The second-order valence-electron chi connectivity index (χ2n) is 6.22. The molecule has 1 N–H and O–H groups in total. The van der Waals surface area contributed by atoms with E-state index in [1.165, 1.54) is 38.9 Å². The van der Waals surface area contributed by atoms with Gasteiger partial charge in [-0.15, -0.1) is 0 Å². The van der Waals surface area contributed by atoms with Crippen molar-refractivity contribution >= 4 is 33.2 Å². The molecule has 1 saturated heterocycles. The molecule has 1 aromatic carbocycles. The van der Waals surface area contributed by atoms with Gasteiger partial charge in [0.1, 0.15) is 0 Å². The van der Waals surface area contributed by atoms with Crippen molar-refractivity contribution in [3.8, 4) is 0 Å². The molecule has 118 valence electrons. The molecule has 1 aliphatic rings. The fourth-order valence-electron chi connectivity index (χ4n) is 3.14. The van der Waals surface area contributed by atoms with Crippen molar-refractivity contribution in [3.05, 3.63) is 27.2 Å². The molecule has 1 heterocycles. The van der Waals surface area contributed by atoms with Crippen LogP contribution in [0.5, 0.6) is 0 Å². The van der Waals surface area contributed by atoms with Crippen LogP contribution >= 0.6 is 27.5 Å². The lowest BCUT2D eigenvalue weighted by Crippen LogP contribution is -2.42. The molecular weight excluding hydrogens is 348 g/mol. The van der Waals surface area contributed by atoms with E-state index in [2.05, 4.69) is 46.1 Å². The van der Waals surface area contributed by atoms with Crippen molar-refractivity contribution in [1.82, 2.24) is 4.90 Å². The van der Waals surface area contributed by atoms with Crippen LogP contribution in [-0.2, 0) is 0 Å². The molecule has 2 rings (SSSR count). The summed E-state index contributed by atoms with van der Waals surface area (Å²) in [6.07, 6.45) is 3.87. The summed E-state index contributed by atoms with van der Waals surface area (Å²) in [7, 11) is 0. The molecule has 2 atom stereocenters. The quantitative estimate of drug-likeness (QED) is 0.750. The lowest BCUT2D eigenvalue weighted by atomic mass is 9.91. The number of nitrogens with one attached hydrogen (secondary N) is 1. The average molecular weight is 374 g/mol. The maximum atomic E-state index is 6.25. The van der Waals surface area contributed by atoms with Crippen LogP contribution in [0.2, 0.25) is 5.02 Å². The number of nitrogens with zero attached hydrogens (tertiary/aromatic N) is 1. The minimum absolute atomic E-state index is 0.458. The standard InChI is InChI=1S/C17H26BrClN2/c1-4-7-21-8-5-6-14(11-21)13(3)20-17-10-16(19)12(2)9-15(17)18/h9-10,13-14,20H,4-8,11H2,1-3H3. The van der Waals surface area contributed by atoms with Crippen LogP contribution in [0.25, 0.3) is 0 Å². The maximum Gasteiger partial charge on any atom is 0.0501 e. The maximum absolute atomic E-state index is 6.25. The summed E-state index contributed by atoms with van der Waals surface area (Å²) in [4.78, 5) is 2.60. The van der Waals surface area contributed by atoms with Gasteiger partial charge in [0.2, 0.25) is 0 Å². The first-order valence-corrected chi connectivity index (χ1v) is 9.13. The predicted molar refractivity (Wildman–Crippen MR) is 96.4 cm³/mol. The van der Waals surface area contributed by atoms with E-state index >= 15 is 0 Å². The molecule has 1 fully saturated rings. The van der Waals surface area contributed by atoms with E-state index in [1.54, 1.807) is 0 Å². The van der Waals surface area contributed by atoms with Gasteiger partial charge in [0, 0.05) is 22.1 Å². The molecule has 0 amide bonds. The number of piperidine rings is 1. The Labute approximate surface area is 142 Å². The molecule has 2 unspecified atom stereocenters. The third-order valence-corrected chi connectivity index (χ3v) is 5.48. The van der Waals surface area contributed by atoms with Gasteiger partial charge in [-0.05, 0) is 85.7 Å². The van der Waals surface area contributed by atoms with E-state index < -0.39 is 0 Å². The monoisotopic (exact) mass is 372 g/mol. The molecule has 0 saturated carbocycles. The SMILES string of the molecule is CCCN1CCCC(C(C)Nc2cc(Cl)c(C)cc2Br)C1. The molecule has 21 heavy (non-hydrogen) atoms. The lowest BCUT2D eigenvalue weighted by molar-refractivity contribution is 0.165. The van der Waals surface area contributed by atoms with E-state index in [0.717, 1.165) is 20.7 Å². The molecule has 0 spiro atoms. The predicted octanol–water partition coefficient (Wildman–Crippen LogP) is 5.33.